The molecule has 23 heteroatoms. The van der Waals surface area contributed by atoms with Crippen molar-refractivity contribution in [3.8, 4) is 0 Å². The van der Waals surface area contributed by atoms with Gasteiger partial charge in [-0.15, -0.1) is 0 Å². The van der Waals surface area contributed by atoms with Crippen molar-refractivity contribution in [2.75, 3.05) is 132 Å². The molecule has 2 rings (SSSR count). The molecule has 0 aliphatic carbocycles. The first-order valence-electron chi connectivity index (χ1n) is 25.7. The van der Waals surface area contributed by atoms with E-state index < -0.39 is 42.4 Å². The van der Waals surface area contributed by atoms with Crippen LogP contribution in [-0.4, -0.2) is 231 Å². The highest BCUT2D eigenvalue weighted by Crippen LogP contribution is 2.11. The van der Waals surface area contributed by atoms with Gasteiger partial charge in [0.25, 0.3) is 0 Å². The molecule has 1 aromatic rings. The largest absolute Gasteiger partial charge is 0.481 e. The van der Waals surface area contributed by atoms with Gasteiger partial charge in [-0.1, -0.05) is 12.1 Å². The van der Waals surface area contributed by atoms with E-state index in [1.165, 1.54) is 10.5 Å². The first-order chi connectivity index (χ1) is 34.9. The number of Topliss-reactive ketones (excluding diaryl/α,β-unsaturated/α-hetero) is 1. The number of likely N-dealkylation sites (N-methyl/N-ethyl adjacent to an activating group) is 2. The maximum atomic E-state index is 13.7. The minimum atomic E-state index is -1.16. The summed E-state index contributed by atoms with van der Waals surface area (Å²) in [7, 11) is 4.05. The van der Waals surface area contributed by atoms with Gasteiger partial charge in [0.15, 0.2) is 5.78 Å². The van der Waals surface area contributed by atoms with Gasteiger partial charge in [0.05, 0.1) is 32.3 Å². The fraction of sp³-hybridized carbons (Fsp3) is 0.720. The monoisotopic (exact) mass is 1150 g/mol. The number of halogens is 1. The van der Waals surface area contributed by atoms with Crippen LogP contribution in [-0.2, 0) is 49.5 Å². The lowest BCUT2D eigenvalue weighted by molar-refractivity contribution is -0.146. The number of ketones is 1. The number of benzene rings is 1. The molecule has 1 heterocycles. The van der Waals surface area contributed by atoms with Crippen LogP contribution in [0.3, 0.4) is 0 Å². The van der Waals surface area contributed by atoms with Crippen LogP contribution in [0.25, 0.3) is 0 Å². The van der Waals surface area contributed by atoms with Gasteiger partial charge in [-0.2, -0.15) is 0 Å². The summed E-state index contributed by atoms with van der Waals surface area (Å²) in [6.07, 6.45) is 6.00. The van der Waals surface area contributed by atoms with Crippen LogP contribution in [0.2, 0.25) is 0 Å². The summed E-state index contributed by atoms with van der Waals surface area (Å²) in [6.45, 7) is 7.36. The molecule has 73 heavy (non-hydrogen) atoms. The average Bonchev–Trinajstić information content (AvgIpc) is 3.33. The minimum Gasteiger partial charge on any atom is -0.481 e. The van der Waals surface area contributed by atoms with Crippen molar-refractivity contribution in [2.24, 2.45) is 0 Å². The standard InChI is InChI=1S/C50H84IN9O13/c1-39(15-20-47(65)66)54-50(71)53-22-6-4-8-23-60(37-49(69)70)46(64)38-73-34-33-72-32-10-13-43(61)42(12-5-7-21-52-44(62)14-9-11-40-16-18-41(51)19-17-40)55-45(63)35-58-28-26-56(2)24-25-57(3)27-29-59(31-30-58)36-48(67)68/h16-19,39,42H,4-15,20-38H2,1-3H3,(H,52,62)(H,55,63)(H,65,66)(H,67,68)(H,69,70)(H2,53,54,71)/t39-,42+/m1/s1. The Kier molecular flexibility index (Phi) is 34.5. The fourth-order valence-electron chi connectivity index (χ4n) is 7.80. The number of aryl methyl sites for hydroxylation is 1. The smallest absolute Gasteiger partial charge is 0.323 e. The Balaban J connectivity index is 1.85. The average molecular weight is 1150 g/mol. The Hall–Kier alpha value is -4.53. The van der Waals surface area contributed by atoms with E-state index in [4.69, 9.17) is 14.6 Å². The first kappa shape index (κ1) is 64.6. The van der Waals surface area contributed by atoms with Gasteiger partial charge in [-0.05, 0) is 126 Å². The Morgan fingerprint density at radius 3 is 1.90 bits per heavy atom. The second-order valence-electron chi connectivity index (χ2n) is 18.7. The van der Waals surface area contributed by atoms with Crippen LogP contribution in [0.4, 0.5) is 4.79 Å². The van der Waals surface area contributed by atoms with E-state index in [9.17, 15) is 48.6 Å². The maximum Gasteiger partial charge on any atom is 0.323 e. The van der Waals surface area contributed by atoms with Crippen molar-refractivity contribution in [3.05, 3.63) is 33.4 Å². The molecule has 5 amide bonds. The number of amides is 5. The van der Waals surface area contributed by atoms with Gasteiger partial charge in [0.2, 0.25) is 17.7 Å². The SMILES string of the molecule is C[C@H](CCC(=O)O)NC(=O)NCCCCCN(CC(=O)O)C(=O)COCCOCCCC(=O)[C@H](CCCCNC(=O)CCCc1ccc(I)cc1)NC(=O)CN1CCN(C)CCN(C)CCN(CC(=O)O)CC1. The number of carbonyl (C=O) groups excluding carboxylic acids is 5. The molecule has 2 atom stereocenters. The number of hydrogen-bond acceptors (Lipinski definition) is 14. The lowest BCUT2D eigenvalue weighted by atomic mass is 10.0. The molecule has 0 saturated carbocycles. The Labute approximate surface area is 445 Å². The normalized spacial score (nSPS) is 15.2. The second-order valence-corrected chi connectivity index (χ2v) is 20.0. The molecule has 1 aliphatic heterocycles. The highest BCUT2D eigenvalue weighted by atomic mass is 127. The number of hydrogen-bond donors (Lipinski definition) is 7. The number of rotatable bonds is 36. The topological polar surface area (TPSA) is 280 Å². The van der Waals surface area contributed by atoms with Crippen molar-refractivity contribution in [3.63, 3.8) is 0 Å². The predicted molar refractivity (Wildman–Crippen MR) is 283 cm³/mol. The van der Waals surface area contributed by atoms with E-state index in [-0.39, 0.29) is 82.5 Å². The zero-order valence-electron chi connectivity index (χ0n) is 43.4. The number of nitrogens with one attached hydrogen (secondary N) is 4. The summed E-state index contributed by atoms with van der Waals surface area (Å²) in [5.74, 6) is -3.99. The summed E-state index contributed by atoms with van der Waals surface area (Å²) in [5.41, 5.74) is 1.18. The van der Waals surface area contributed by atoms with Crippen LogP contribution < -0.4 is 21.3 Å². The molecule has 414 valence electrons. The quantitative estimate of drug-likeness (QED) is 0.0374. The van der Waals surface area contributed by atoms with Gasteiger partial charge < -0.3 is 60.8 Å². The number of urea groups is 1. The molecule has 1 aromatic carbocycles. The van der Waals surface area contributed by atoms with E-state index in [1.54, 1.807) is 6.92 Å². The number of carboxylic acid groups (broad SMARTS) is 3. The Morgan fingerprint density at radius 1 is 0.630 bits per heavy atom. The van der Waals surface area contributed by atoms with E-state index in [1.807, 2.05) is 36.0 Å². The molecule has 7 N–H and O–H groups in total. The zero-order chi connectivity index (χ0) is 53.8. The molecule has 0 bridgehead atoms. The molecule has 1 fully saturated rings. The number of aliphatic carboxylic acids is 3. The van der Waals surface area contributed by atoms with E-state index >= 15 is 0 Å². The molecule has 1 aliphatic rings. The molecular formula is C50H84IN9O13. The Morgan fingerprint density at radius 2 is 1.25 bits per heavy atom. The van der Waals surface area contributed by atoms with Crippen molar-refractivity contribution in [2.45, 2.75) is 102 Å². The predicted octanol–water partition coefficient (Wildman–Crippen LogP) is 1.97. The van der Waals surface area contributed by atoms with E-state index in [2.05, 4.69) is 65.8 Å². The molecule has 22 nitrogen and oxygen atoms in total. The molecule has 0 aromatic heterocycles. The van der Waals surface area contributed by atoms with Crippen LogP contribution in [0, 0.1) is 3.57 Å². The van der Waals surface area contributed by atoms with Crippen molar-refractivity contribution < 1.29 is 63.1 Å². The number of nitrogens with zero attached hydrogens (tertiary/aromatic N) is 5. The molecule has 0 unspecified atom stereocenters. The second kappa shape index (κ2) is 39.0. The zero-order valence-corrected chi connectivity index (χ0v) is 45.6. The summed E-state index contributed by atoms with van der Waals surface area (Å²) in [4.78, 5) is 108. The molecular weight excluding hydrogens is 1060 g/mol. The molecule has 0 spiro atoms. The summed E-state index contributed by atoms with van der Waals surface area (Å²) in [6, 6.07) is 6.76. The van der Waals surface area contributed by atoms with E-state index in [0.717, 1.165) is 29.5 Å². The summed E-state index contributed by atoms with van der Waals surface area (Å²) < 4.78 is 12.3. The van der Waals surface area contributed by atoms with Gasteiger partial charge in [0.1, 0.15) is 13.2 Å². The van der Waals surface area contributed by atoms with Crippen LogP contribution in [0.1, 0.15) is 89.5 Å². The maximum absolute atomic E-state index is 13.7. The van der Waals surface area contributed by atoms with Gasteiger partial charge in [-0.25, -0.2) is 4.79 Å². The number of unbranched alkanes of at least 4 members (excludes halogenated alkanes) is 3. The highest BCUT2D eigenvalue weighted by Gasteiger charge is 2.23. The fourth-order valence-corrected chi connectivity index (χ4v) is 8.16. The highest BCUT2D eigenvalue weighted by molar-refractivity contribution is 14.1. The number of ether oxygens (including phenoxy) is 2. The van der Waals surface area contributed by atoms with Gasteiger partial charge in [-0.3, -0.25) is 43.4 Å². The third kappa shape index (κ3) is 33.8. The van der Waals surface area contributed by atoms with Crippen LogP contribution >= 0.6 is 22.6 Å². The van der Waals surface area contributed by atoms with Crippen molar-refractivity contribution in [1.29, 1.82) is 0 Å². The molecule has 0 radical (unpaired) electrons. The van der Waals surface area contributed by atoms with E-state index in [0.29, 0.717) is 110 Å². The van der Waals surface area contributed by atoms with Gasteiger partial charge >= 0.3 is 23.9 Å². The van der Waals surface area contributed by atoms with Crippen molar-refractivity contribution >= 4 is 70.0 Å². The van der Waals surface area contributed by atoms with Crippen LogP contribution in [0.5, 0.6) is 0 Å². The number of carbonyl (C=O) groups is 8. The number of carboxylic acids is 3. The van der Waals surface area contributed by atoms with Crippen LogP contribution in [0.15, 0.2) is 24.3 Å². The lowest BCUT2D eigenvalue weighted by Gasteiger charge is -2.31. The minimum absolute atomic E-state index is 0.0316. The summed E-state index contributed by atoms with van der Waals surface area (Å²) in [5, 5.41) is 39.0. The van der Waals surface area contributed by atoms with Crippen molar-refractivity contribution in [1.82, 2.24) is 45.8 Å². The Bertz CT molecular complexity index is 1820. The third-order valence-electron chi connectivity index (χ3n) is 12.2. The summed E-state index contributed by atoms with van der Waals surface area (Å²) >= 11 is 2.26. The van der Waals surface area contributed by atoms with Gasteiger partial charge in [0, 0.05) is 107 Å². The lowest BCUT2D eigenvalue weighted by Crippen LogP contribution is -2.49. The molecule has 1 saturated heterocycles. The first-order valence-corrected chi connectivity index (χ1v) is 26.8. The third-order valence-corrected chi connectivity index (χ3v) is 12.9.